The number of aromatic nitrogens is 2. The van der Waals surface area contributed by atoms with Gasteiger partial charge in [0.05, 0.1) is 11.7 Å². The number of fused-ring (bicyclic) bond motifs is 3. The molecule has 0 radical (unpaired) electrons. The summed E-state index contributed by atoms with van der Waals surface area (Å²) in [6.45, 7) is 0. The predicted octanol–water partition coefficient (Wildman–Crippen LogP) is 3.58. The summed E-state index contributed by atoms with van der Waals surface area (Å²) in [5.41, 5.74) is 2.57. The van der Waals surface area contributed by atoms with Crippen LogP contribution in [0.3, 0.4) is 0 Å². The molecule has 4 rings (SSSR count). The Morgan fingerprint density at radius 2 is 1.87 bits per heavy atom. The van der Waals surface area contributed by atoms with Crippen molar-refractivity contribution in [3.8, 4) is 0 Å². The number of carbonyl (C=O) groups is 1. The van der Waals surface area contributed by atoms with Gasteiger partial charge < -0.3 is 5.32 Å². The SMILES string of the molecule is O=C1C[C@H](c2cc(F)c(F)c(F)c2)c2c(ccc3nsnc23)N1. The van der Waals surface area contributed by atoms with E-state index in [1.54, 1.807) is 12.1 Å². The van der Waals surface area contributed by atoms with Crippen LogP contribution in [0.2, 0.25) is 0 Å². The summed E-state index contributed by atoms with van der Waals surface area (Å²) in [7, 11) is 0. The fraction of sp³-hybridized carbons (Fsp3) is 0.133. The van der Waals surface area contributed by atoms with Gasteiger partial charge >= 0.3 is 0 Å². The number of halogens is 3. The molecule has 1 atom stereocenters. The first-order valence-corrected chi connectivity index (χ1v) is 7.47. The van der Waals surface area contributed by atoms with Crippen LogP contribution < -0.4 is 5.32 Å². The standard InChI is InChI=1S/C15H8F3N3OS/c16-8-3-6(4-9(17)14(8)18)7-5-12(22)19-10-1-2-11-15(13(7)10)21-23-20-11/h1-4,7H,5H2,(H,19,22)/t7-/m1/s1. The summed E-state index contributed by atoms with van der Waals surface area (Å²) >= 11 is 1.01. The van der Waals surface area contributed by atoms with Crippen LogP contribution in [0, 0.1) is 17.5 Å². The van der Waals surface area contributed by atoms with Crippen LogP contribution in [-0.2, 0) is 4.79 Å². The van der Waals surface area contributed by atoms with Crippen molar-refractivity contribution in [3.63, 3.8) is 0 Å². The van der Waals surface area contributed by atoms with E-state index >= 15 is 0 Å². The van der Waals surface area contributed by atoms with Crippen molar-refractivity contribution in [2.45, 2.75) is 12.3 Å². The minimum Gasteiger partial charge on any atom is -0.326 e. The average Bonchev–Trinajstić information content (AvgIpc) is 2.99. The smallest absolute Gasteiger partial charge is 0.225 e. The molecule has 0 saturated carbocycles. The number of benzene rings is 2. The molecule has 3 aromatic rings. The molecule has 1 aliphatic heterocycles. The molecule has 2 heterocycles. The number of anilines is 1. The van der Waals surface area contributed by atoms with Gasteiger partial charge in [0.25, 0.3) is 0 Å². The molecule has 23 heavy (non-hydrogen) atoms. The zero-order chi connectivity index (χ0) is 16.1. The van der Waals surface area contributed by atoms with Crippen molar-refractivity contribution in [1.82, 2.24) is 8.75 Å². The van der Waals surface area contributed by atoms with Gasteiger partial charge in [-0.25, -0.2) is 13.2 Å². The summed E-state index contributed by atoms with van der Waals surface area (Å²) < 4.78 is 48.7. The monoisotopic (exact) mass is 335 g/mol. The number of rotatable bonds is 1. The van der Waals surface area contributed by atoms with Crippen molar-refractivity contribution < 1.29 is 18.0 Å². The minimum absolute atomic E-state index is 0.00580. The zero-order valence-corrected chi connectivity index (χ0v) is 12.3. The number of hydrogen-bond donors (Lipinski definition) is 1. The summed E-state index contributed by atoms with van der Waals surface area (Å²) in [6, 6.07) is 5.24. The normalized spacial score (nSPS) is 17.2. The lowest BCUT2D eigenvalue weighted by atomic mass is 9.84. The molecule has 1 amide bonds. The Balaban J connectivity index is 1.97. The quantitative estimate of drug-likeness (QED) is 0.692. The molecule has 1 N–H and O–H groups in total. The van der Waals surface area contributed by atoms with E-state index in [9.17, 15) is 18.0 Å². The maximum atomic E-state index is 13.6. The lowest BCUT2D eigenvalue weighted by Gasteiger charge is -2.26. The van der Waals surface area contributed by atoms with Gasteiger partial charge in [-0.15, -0.1) is 0 Å². The van der Waals surface area contributed by atoms with Crippen LogP contribution in [0.15, 0.2) is 24.3 Å². The molecule has 2 aromatic carbocycles. The van der Waals surface area contributed by atoms with Crippen molar-refractivity contribution >= 4 is 34.4 Å². The summed E-state index contributed by atoms with van der Waals surface area (Å²) in [5.74, 6) is -4.99. The molecular formula is C15H8F3N3OS. The largest absolute Gasteiger partial charge is 0.326 e. The Kier molecular flexibility index (Phi) is 3.08. The molecule has 4 nitrogen and oxygen atoms in total. The molecule has 0 saturated heterocycles. The first-order chi connectivity index (χ1) is 11.0. The molecule has 0 unspecified atom stereocenters. The van der Waals surface area contributed by atoms with E-state index in [1.807, 2.05) is 0 Å². The molecule has 0 aliphatic carbocycles. The van der Waals surface area contributed by atoms with E-state index in [0.29, 0.717) is 22.3 Å². The molecule has 0 bridgehead atoms. The number of carbonyl (C=O) groups excluding carboxylic acids is 1. The zero-order valence-electron chi connectivity index (χ0n) is 11.4. The third-order valence-electron chi connectivity index (χ3n) is 3.89. The second kappa shape index (κ2) is 5.02. The maximum absolute atomic E-state index is 13.6. The highest BCUT2D eigenvalue weighted by molar-refractivity contribution is 7.00. The molecular weight excluding hydrogens is 327 g/mol. The number of hydrogen-bond acceptors (Lipinski definition) is 4. The van der Waals surface area contributed by atoms with Crippen molar-refractivity contribution in [2.24, 2.45) is 0 Å². The Hall–Kier alpha value is -2.48. The minimum atomic E-state index is -1.53. The van der Waals surface area contributed by atoms with Crippen LogP contribution in [0.5, 0.6) is 0 Å². The summed E-state index contributed by atoms with van der Waals surface area (Å²) in [5, 5.41) is 2.72. The Bertz CT molecular complexity index is 933. The van der Waals surface area contributed by atoms with E-state index < -0.39 is 23.4 Å². The predicted molar refractivity (Wildman–Crippen MR) is 78.8 cm³/mol. The maximum Gasteiger partial charge on any atom is 0.225 e. The van der Waals surface area contributed by atoms with Gasteiger partial charge in [-0.3, -0.25) is 4.79 Å². The highest BCUT2D eigenvalue weighted by atomic mass is 32.1. The van der Waals surface area contributed by atoms with Crippen LogP contribution in [0.4, 0.5) is 18.9 Å². The van der Waals surface area contributed by atoms with E-state index in [1.165, 1.54) is 0 Å². The number of amides is 1. The highest BCUT2D eigenvalue weighted by Crippen LogP contribution is 2.41. The molecule has 0 spiro atoms. The van der Waals surface area contributed by atoms with E-state index in [2.05, 4.69) is 14.1 Å². The number of nitrogens with zero attached hydrogens (tertiary/aromatic N) is 2. The second-order valence-corrected chi connectivity index (χ2v) is 5.79. The van der Waals surface area contributed by atoms with Gasteiger partial charge in [0.1, 0.15) is 11.0 Å². The molecule has 8 heteroatoms. The molecule has 0 fully saturated rings. The number of nitrogens with one attached hydrogen (secondary N) is 1. The van der Waals surface area contributed by atoms with Gasteiger partial charge in [-0.1, -0.05) is 0 Å². The fourth-order valence-electron chi connectivity index (χ4n) is 2.88. The summed E-state index contributed by atoms with van der Waals surface area (Å²) in [4.78, 5) is 11.9. The molecule has 116 valence electrons. The van der Waals surface area contributed by atoms with Gasteiger partial charge in [-0.05, 0) is 29.8 Å². The van der Waals surface area contributed by atoms with E-state index in [4.69, 9.17) is 0 Å². The van der Waals surface area contributed by atoms with Gasteiger partial charge in [0, 0.05) is 23.6 Å². The fourth-order valence-corrected chi connectivity index (χ4v) is 3.43. The van der Waals surface area contributed by atoms with Crippen molar-refractivity contribution in [3.05, 3.63) is 52.8 Å². The second-order valence-electron chi connectivity index (χ2n) is 5.26. The van der Waals surface area contributed by atoms with Crippen LogP contribution in [-0.4, -0.2) is 14.7 Å². The Labute approximate surface area is 132 Å². The third-order valence-corrected chi connectivity index (χ3v) is 4.43. The van der Waals surface area contributed by atoms with Crippen LogP contribution >= 0.6 is 11.7 Å². The van der Waals surface area contributed by atoms with E-state index in [-0.39, 0.29) is 17.9 Å². The first-order valence-electron chi connectivity index (χ1n) is 6.74. The topological polar surface area (TPSA) is 54.9 Å². The first kappa shape index (κ1) is 14.1. The summed E-state index contributed by atoms with van der Waals surface area (Å²) in [6.07, 6.45) is -0.00580. The van der Waals surface area contributed by atoms with E-state index in [0.717, 1.165) is 23.9 Å². The van der Waals surface area contributed by atoms with Crippen molar-refractivity contribution in [2.75, 3.05) is 5.32 Å². The molecule has 1 aliphatic rings. The molecule has 1 aromatic heterocycles. The van der Waals surface area contributed by atoms with Crippen LogP contribution in [0.1, 0.15) is 23.5 Å². The highest BCUT2D eigenvalue weighted by Gasteiger charge is 2.31. The van der Waals surface area contributed by atoms with Gasteiger partial charge in [0.2, 0.25) is 5.91 Å². The lowest BCUT2D eigenvalue weighted by Crippen LogP contribution is -2.24. The van der Waals surface area contributed by atoms with Crippen molar-refractivity contribution in [1.29, 1.82) is 0 Å². The third kappa shape index (κ3) is 2.17. The average molecular weight is 335 g/mol. The lowest BCUT2D eigenvalue weighted by molar-refractivity contribution is -0.116. The van der Waals surface area contributed by atoms with Gasteiger partial charge in [0.15, 0.2) is 17.5 Å². The van der Waals surface area contributed by atoms with Crippen LogP contribution in [0.25, 0.3) is 11.0 Å². The Morgan fingerprint density at radius 1 is 1.13 bits per heavy atom. The van der Waals surface area contributed by atoms with Gasteiger partial charge in [-0.2, -0.15) is 8.75 Å². The Morgan fingerprint density at radius 3 is 2.61 bits per heavy atom.